The summed E-state index contributed by atoms with van der Waals surface area (Å²) in [5.74, 6) is -1.24. The highest BCUT2D eigenvalue weighted by atomic mass is 16.4. The monoisotopic (exact) mass is 284 g/mol. The van der Waals surface area contributed by atoms with Gasteiger partial charge in [-0.1, -0.05) is 33.1 Å². The zero-order valence-corrected chi connectivity index (χ0v) is 12.9. The van der Waals surface area contributed by atoms with Crippen LogP contribution >= 0.6 is 0 Å². The van der Waals surface area contributed by atoms with E-state index in [1.165, 1.54) is 32.1 Å². The first-order chi connectivity index (χ1) is 9.41. The molecule has 116 valence electrons. The van der Waals surface area contributed by atoms with Crippen molar-refractivity contribution in [3.8, 4) is 0 Å². The van der Waals surface area contributed by atoms with E-state index in [2.05, 4.69) is 17.3 Å². The number of hydrogen-bond acceptors (Lipinski definition) is 3. The standard InChI is InChI=1S/C15H28N2O3/c1-11(2)14(15(19)20)16-13(18)9-10-17(3)12-7-5-4-6-8-12/h11-12,14H,4-10H2,1-3H3,(H,16,18)(H,19,20). The minimum Gasteiger partial charge on any atom is -0.480 e. The normalized spacial score (nSPS) is 18.2. The molecule has 0 saturated heterocycles. The fraction of sp³-hybridized carbons (Fsp3) is 0.867. The molecule has 5 heteroatoms. The van der Waals surface area contributed by atoms with E-state index in [4.69, 9.17) is 5.11 Å². The summed E-state index contributed by atoms with van der Waals surface area (Å²) >= 11 is 0. The molecule has 5 nitrogen and oxygen atoms in total. The van der Waals surface area contributed by atoms with Crippen LogP contribution in [0.25, 0.3) is 0 Å². The van der Waals surface area contributed by atoms with Gasteiger partial charge in [0, 0.05) is 19.0 Å². The van der Waals surface area contributed by atoms with Crippen LogP contribution in [0.4, 0.5) is 0 Å². The van der Waals surface area contributed by atoms with Gasteiger partial charge in [0.15, 0.2) is 0 Å². The van der Waals surface area contributed by atoms with Crippen molar-refractivity contribution >= 4 is 11.9 Å². The number of carbonyl (C=O) groups excluding carboxylic acids is 1. The average Bonchev–Trinajstić information content (AvgIpc) is 2.42. The Labute approximate surface area is 121 Å². The Morgan fingerprint density at radius 3 is 2.35 bits per heavy atom. The smallest absolute Gasteiger partial charge is 0.326 e. The van der Waals surface area contributed by atoms with Gasteiger partial charge in [0.05, 0.1) is 0 Å². The van der Waals surface area contributed by atoms with Gasteiger partial charge in [0.2, 0.25) is 5.91 Å². The zero-order valence-electron chi connectivity index (χ0n) is 12.9. The maximum absolute atomic E-state index is 11.8. The zero-order chi connectivity index (χ0) is 15.1. The van der Waals surface area contributed by atoms with Gasteiger partial charge < -0.3 is 15.3 Å². The van der Waals surface area contributed by atoms with E-state index in [-0.39, 0.29) is 11.8 Å². The minimum absolute atomic E-state index is 0.104. The van der Waals surface area contributed by atoms with E-state index in [0.717, 1.165) is 0 Å². The fourth-order valence-corrected chi connectivity index (χ4v) is 2.74. The molecule has 1 unspecified atom stereocenters. The van der Waals surface area contributed by atoms with Crippen LogP contribution in [0.2, 0.25) is 0 Å². The molecule has 0 aromatic heterocycles. The number of carboxylic acid groups (broad SMARTS) is 1. The summed E-state index contributed by atoms with van der Waals surface area (Å²) in [6, 6.07) is -0.209. The third-order valence-corrected chi connectivity index (χ3v) is 4.14. The summed E-state index contributed by atoms with van der Waals surface area (Å²) in [6.07, 6.45) is 6.65. The van der Waals surface area contributed by atoms with Crippen LogP contribution in [0, 0.1) is 5.92 Å². The number of nitrogens with zero attached hydrogens (tertiary/aromatic N) is 1. The Morgan fingerprint density at radius 1 is 1.25 bits per heavy atom. The molecule has 1 fully saturated rings. The summed E-state index contributed by atoms with van der Waals surface area (Å²) in [5, 5.41) is 11.7. The molecule has 0 aromatic rings. The molecule has 0 bridgehead atoms. The largest absolute Gasteiger partial charge is 0.480 e. The van der Waals surface area contributed by atoms with Crippen molar-refractivity contribution in [1.82, 2.24) is 10.2 Å². The van der Waals surface area contributed by atoms with E-state index in [9.17, 15) is 9.59 Å². The van der Waals surface area contributed by atoms with Gasteiger partial charge in [0.25, 0.3) is 0 Å². The summed E-state index contributed by atoms with van der Waals surface area (Å²) < 4.78 is 0. The Kier molecular flexibility index (Phi) is 6.99. The Morgan fingerprint density at radius 2 is 1.85 bits per heavy atom. The maximum atomic E-state index is 11.8. The lowest BCUT2D eigenvalue weighted by atomic mass is 9.94. The van der Waals surface area contributed by atoms with Crippen molar-refractivity contribution < 1.29 is 14.7 Å². The average molecular weight is 284 g/mol. The van der Waals surface area contributed by atoms with E-state index in [1.807, 2.05) is 0 Å². The van der Waals surface area contributed by atoms with Gasteiger partial charge in [-0.05, 0) is 25.8 Å². The van der Waals surface area contributed by atoms with E-state index >= 15 is 0 Å². The van der Waals surface area contributed by atoms with Crippen molar-refractivity contribution in [2.45, 2.75) is 64.5 Å². The number of amides is 1. The minimum atomic E-state index is -0.964. The maximum Gasteiger partial charge on any atom is 0.326 e. The topological polar surface area (TPSA) is 69.6 Å². The summed E-state index contributed by atoms with van der Waals surface area (Å²) in [7, 11) is 2.06. The first-order valence-electron chi connectivity index (χ1n) is 7.64. The third-order valence-electron chi connectivity index (χ3n) is 4.14. The molecule has 0 aromatic carbocycles. The van der Waals surface area contributed by atoms with Crippen LogP contribution in [0.3, 0.4) is 0 Å². The Bertz CT molecular complexity index is 325. The van der Waals surface area contributed by atoms with Crippen LogP contribution in [0.15, 0.2) is 0 Å². The van der Waals surface area contributed by atoms with Gasteiger partial charge >= 0.3 is 5.97 Å². The molecule has 1 rings (SSSR count). The molecule has 0 spiro atoms. The number of carboxylic acids is 1. The molecular formula is C15H28N2O3. The van der Waals surface area contributed by atoms with Gasteiger partial charge in [-0.3, -0.25) is 4.79 Å². The highest BCUT2D eigenvalue weighted by Crippen LogP contribution is 2.21. The molecule has 1 saturated carbocycles. The number of hydrogen-bond donors (Lipinski definition) is 2. The molecule has 0 radical (unpaired) electrons. The molecule has 1 atom stereocenters. The third kappa shape index (κ3) is 5.49. The summed E-state index contributed by atoms with van der Waals surface area (Å²) in [6.45, 7) is 4.29. The molecule has 1 aliphatic rings. The molecular weight excluding hydrogens is 256 g/mol. The van der Waals surface area contributed by atoms with Crippen molar-refractivity contribution in [3.63, 3.8) is 0 Å². The lowest BCUT2D eigenvalue weighted by Crippen LogP contribution is -2.45. The number of nitrogens with one attached hydrogen (secondary N) is 1. The van der Waals surface area contributed by atoms with E-state index in [0.29, 0.717) is 19.0 Å². The van der Waals surface area contributed by atoms with E-state index < -0.39 is 12.0 Å². The number of rotatable bonds is 7. The van der Waals surface area contributed by atoms with Crippen molar-refractivity contribution in [2.75, 3.05) is 13.6 Å². The number of carbonyl (C=O) groups is 2. The Balaban J connectivity index is 2.32. The molecule has 20 heavy (non-hydrogen) atoms. The summed E-state index contributed by atoms with van der Waals surface area (Å²) in [4.78, 5) is 25.1. The SMILES string of the molecule is CC(C)C(NC(=O)CCN(C)C1CCCCC1)C(=O)O. The predicted octanol–water partition coefficient (Wildman–Crippen LogP) is 1.87. The van der Waals surface area contributed by atoms with Crippen LogP contribution in [-0.2, 0) is 9.59 Å². The van der Waals surface area contributed by atoms with Gasteiger partial charge in [-0.25, -0.2) is 4.79 Å². The predicted molar refractivity (Wildman–Crippen MR) is 78.5 cm³/mol. The van der Waals surface area contributed by atoms with Gasteiger partial charge in [-0.15, -0.1) is 0 Å². The molecule has 0 heterocycles. The lowest BCUT2D eigenvalue weighted by Gasteiger charge is -2.31. The van der Waals surface area contributed by atoms with Crippen molar-refractivity contribution in [2.24, 2.45) is 5.92 Å². The highest BCUT2D eigenvalue weighted by Gasteiger charge is 2.24. The van der Waals surface area contributed by atoms with Crippen LogP contribution in [0.5, 0.6) is 0 Å². The second-order valence-electron chi connectivity index (χ2n) is 6.15. The molecule has 2 N–H and O–H groups in total. The van der Waals surface area contributed by atoms with Crippen molar-refractivity contribution in [3.05, 3.63) is 0 Å². The highest BCUT2D eigenvalue weighted by molar-refractivity contribution is 5.83. The van der Waals surface area contributed by atoms with Gasteiger partial charge in [-0.2, -0.15) is 0 Å². The van der Waals surface area contributed by atoms with Crippen molar-refractivity contribution in [1.29, 1.82) is 0 Å². The second kappa shape index (κ2) is 8.25. The number of aliphatic carboxylic acids is 1. The molecule has 1 aliphatic carbocycles. The lowest BCUT2D eigenvalue weighted by molar-refractivity contribution is -0.143. The van der Waals surface area contributed by atoms with Crippen LogP contribution < -0.4 is 5.32 Å². The Hall–Kier alpha value is -1.10. The first-order valence-corrected chi connectivity index (χ1v) is 7.64. The van der Waals surface area contributed by atoms with Crippen LogP contribution in [-0.4, -0.2) is 47.6 Å². The quantitative estimate of drug-likeness (QED) is 0.749. The molecule has 0 aliphatic heterocycles. The fourth-order valence-electron chi connectivity index (χ4n) is 2.74. The first kappa shape index (κ1) is 17.0. The van der Waals surface area contributed by atoms with Crippen LogP contribution in [0.1, 0.15) is 52.4 Å². The van der Waals surface area contributed by atoms with E-state index in [1.54, 1.807) is 13.8 Å². The molecule has 1 amide bonds. The van der Waals surface area contributed by atoms with Gasteiger partial charge in [0.1, 0.15) is 6.04 Å². The summed E-state index contributed by atoms with van der Waals surface area (Å²) in [5.41, 5.74) is 0. The second-order valence-corrected chi connectivity index (χ2v) is 6.15.